The molecular formula is C14H13BrFNOS. The van der Waals surface area contributed by atoms with Crippen LogP contribution in [0.4, 0.5) is 4.39 Å². The smallest absolute Gasteiger partial charge is 0.265 e. The minimum atomic E-state index is -0.317. The topological polar surface area (TPSA) is 20.3 Å². The van der Waals surface area contributed by atoms with E-state index in [2.05, 4.69) is 15.9 Å². The molecule has 1 heterocycles. The first-order chi connectivity index (χ1) is 9.02. The van der Waals surface area contributed by atoms with Crippen molar-refractivity contribution in [1.29, 1.82) is 0 Å². The second kappa shape index (κ2) is 5.84. The highest BCUT2D eigenvalue weighted by molar-refractivity contribution is 9.10. The zero-order valence-corrected chi connectivity index (χ0v) is 13.0. The van der Waals surface area contributed by atoms with Gasteiger partial charge in [0.25, 0.3) is 5.91 Å². The number of rotatable bonds is 3. The Morgan fingerprint density at radius 3 is 2.63 bits per heavy atom. The number of amides is 1. The molecule has 0 fully saturated rings. The van der Waals surface area contributed by atoms with Gasteiger partial charge in [0.1, 0.15) is 10.7 Å². The predicted octanol–water partition coefficient (Wildman–Crippen LogP) is 4.48. The molecule has 0 N–H and O–H groups in total. The van der Waals surface area contributed by atoms with Crippen LogP contribution in [0.5, 0.6) is 0 Å². The average Bonchev–Trinajstić information content (AvgIpc) is 2.83. The van der Waals surface area contributed by atoms with E-state index >= 15 is 0 Å². The molecule has 0 aliphatic heterocycles. The van der Waals surface area contributed by atoms with Gasteiger partial charge in [0, 0.05) is 17.1 Å². The number of carbonyl (C=O) groups excluding carboxylic acids is 1. The Bertz CT molecular complexity index is 599. The van der Waals surface area contributed by atoms with Gasteiger partial charge < -0.3 is 4.90 Å². The Balaban J connectivity index is 2.25. The predicted molar refractivity (Wildman–Crippen MR) is 78.9 cm³/mol. The van der Waals surface area contributed by atoms with Gasteiger partial charge in [0.15, 0.2) is 0 Å². The molecule has 2 aromatic rings. The second-order valence-electron chi connectivity index (χ2n) is 4.21. The molecule has 0 spiro atoms. The molecule has 19 heavy (non-hydrogen) atoms. The van der Waals surface area contributed by atoms with Crippen molar-refractivity contribution in [3.63, 3.8) is 0 Å². The zero-order valence-electron chi connectivity index (χ0n) is 10.6. The summed E-state index contributed by atoms with van der Waals surface area (Å²) < 4.78 is 14.5. The summed E-state index contributed by atoms with van der Waals surface area (Å²) in [5.74, 6) is -0.405. The molecule has 1 unspecified atom stereocenters. The lowest BCUT2D eigenvalue weighted by Gasteiger charge is -2.25. The molecular weight excluding hydrogens is 329 g/mol. The minimum Gasteiger partial charge on any atom is -0.334 e. The Kier molecular flexibility index (Phi) is 4.37. The van der Waals surface area contributed by atoms with Crippen LogP contribution in [0.25, 0.3) is 0 Å². The third kappa shape index (κ3) is 2.87. The lowest BCUT2D eigenvalue weighted by atomic mass is 10.1. The maximum absolute atomic E-state index is 13.7. The summed E-state index contributed by atoms with van der Waals surface area (Å²) in [6.07, 6.45) is 0. The lowest BCUT2D eigenvalue weighted by Crippen LogP contribution is -2.29. The van der Waals surface area contributed by atoms with Gasteiger partial charge in [0.05, 0.1) is 6.04 Å². The summed E-state index contributed by atoms with van der Waals surface area (Å²) in [6.45, 7) is 1.82. The second-order valence-corrected chi connectivity index (χ2v) is 5.98. The Morgan fingerprint density at radius 1 is 1.37 bits per heavy atom. The van der Waals surface area contributed by atoms with E-state index in [0.29, 0.717) is 10.4 Å². The zero-order chi connectivity index (χ0) is 14.0. The van der Waals surface area contributed by atoms with Gasteiger partial charge in [-0.1, -0.05) is 18.2 Å². The van der Waals surface area contributed by atoms with Crippen molar-refractivity contribution < 1.29 is 9.18 Å². The normalized spacial score (nSPS) is 12.2. The standard InChI is InChI=1S/C14H13BrFNOS/c1-9(10-5-3-4-6-12(10)16)17(2)14(18)13-11(15)7-8-19-13/h3-9H,1-2H3. The first-order valence-corrected chi connectivity index (χ1v) is 7.44. The molecule has 0 aliphatic carbocycles. The van der Waals surface area contributed by atoms with Gasteiger partial charge in [-0.3, -0.25) is 4.79 Å². The lowest BCUT2D eigenvalue weighted by molar-refractivity contribution is 0.0744. The van der Waals surface area contributed by atoms with Gasteiger partial charge in [0.2, 0.25) is 0 Å². The van der Waals surface area contributed by atoms with E-state index in [9.17, 15) is 9.18 Å². The largest absolute Gasteiger partial charge is 0.334 e. The number of halogens is 2. The van der Waals surface area contributed by atoms with Crippen LogP contribution in [0.2, 0.25) is 0 Å². The molecule has 0 radical (unpaired) electrons. The van der Waals surface area contributed by atoms with Crippen molar-refractivity contribution in [3.05, 3.63) is 56.4 Å². The van der Waals surface area contributed by atoms with Gasteiger partial charge in [-0.25, -0.2) is 4.39 Å². The van der Waals surface area contributed by atoms with Gasteiger partial charge in [-0.05, 0) is 40.4 Å². The molecule has 2 nitrogen and oxygen atoms in total. The van der Waals surface area contributed by atoms with Crippen molar-refractivity contribution in [2.45, 2.75) is 13.0 Å². The molecule has 1 atom stereocenters. The van der Waals surface area contributed by atoms with Crippen LogP contribution in [0.15, 0.2) is 40.2 Å². The van der Waals surface area contributed by atoms with E-state index in [0.717, 1.165) is 4.47 Å². The number of hydrogen-bond donors (Lipinski definition) is 0. The Hall–Kier alpha value is -1.20. The molecule has 1 amide bonds. The van der Waals surface area contributed by atoms with E-state index in [1.807, 2.05) is 18.4 Å². The number of benzene rings is 1. The third-order valence-corrected chi connectivity index (χ3v) is 4.89. The summed E-state index contributed by atoms with van der Waals surface area (Å²) in [7, 11) is 1.69. The van der Waals surface area contributed by atoms with Gasteiger partial charge in [-0.2, -0.15) is 0 Å². The molecule has 0 bridgehead atoms. The van der Waals surface area contributed by atoms with Crippen LogP contribution in [-0.2, 0) is 0 Å². The van der Waals surface area contributed by atoms with Crippen molar-refractivity contribution >= 4 is 33.2 Å². The monoisotopic (exact) mass is 341 g/mol. The van der Waals surface area contributed by atoms with Crippen LogP contribution >= 0.6 is 27.3 Å². The summed E-state index contributed by atoms with van der Waals surface area (Å²) in [6, 6.07) is 8.04. The number of carbonyl (C=O) groups is 1. The molecule has 2 rings (SSSR count). The van der Waals surface area contributed by atoms with Crippen LogP contribution in [0, 0.1) is 5.82 Å². The highest BCUT2D eigenvalue weighted by Crippen LogP contribution is 2.28. The van der Waals surface area contributed by atoms with Crippen molar-refractivity contribution in [2.75, 3.05) is 7.05 Å². The number of thiophene rings is 1. The highest BCUT2D eigenvalue weighted by atomic mass is 79.9. The summed E-state index contributed by atoms with van der Waals surface area (Å²) >= 11 is 4.71. The Labute approximate surface area is 124 Å². The maximum atomic E-state index is 13.7. The minimum absolute atomic E-state index is 0.113. The molecule has 1 aromatic carbocycles. The Morgan fingerprint density at radius 2 is 2.05 bits per heavy atom. The van der Waals surface area contributed by atoms with Crippen LogP contribution in [0.3, 0.4) is 0 Å². The summed E-state index contributed by atoms with van der Waals surface area (Å²) in [5, 5.41) is 1.85. The highest BCUT2D eigenvalue weighted by Gasteiger charge is 2.23. The molecule has 5 heteroatoms. The first-order valence-electron chi connectivity index (χ1n) is 5.77. The number of hydrogen-bond acceptors (Lipinski definition) is 2. The molecule has 0 saturated heterocycles. The van der Waals surface area contributed by atoms with Gasteiger partial charge in [-0.15, -0.1) is 11.3 Å². The summed E-state index contributed by atoms with van der Waals surface area (Å²) in [4.78, 5) is 14.5. The van der Waals surface area contributed by atoms with Crippen molar-refractivity contribution in [2.24, 2.45) is 0 Å². The average molecular weight is 342 g/mol. The first kappa shape index (κ1) is 14.2. The van der Waals surface area contributed by atoms with Crippen LogP contribution in [0.1, 0.15) is 28.2 Å². The van der Waals surface area contributed by atoms with E-state index in [4.69, 9.17) is 0 Å². The number of nitrogens with zero attached hydrogens (tertiary/aromatic N) is 1. The van der Waals surface area contributed by atoms with Crippen molar-refractivity contribution in [1.82, 2.24) is 4.90 Å². The fourth-order valence-electron chi connectivity index (χ4n) is 1.80. The quantitative estimate of drug-likeness (QED) is 0.805. The molecule has 100 valence electrons. The van der Waals surface area contributed by atoms with Crippen LogP contribution in [-0.4, -0.2) is 17.9 Å². The van der Waals surface area contributed by atoms with E-state index in [1.54, 1.807) is 30.1 Å². The van der Waals surface area contributed by atoms with E-state index in [1.165, 1.54) is 17.4 Å². The van der Waals surface area contributed by atoms with Crippen molar-refractivity contribution in [3.8, 4) is 0 Å². The maximum Gasteiger partial charge on any atom is 0.265 e. The fraction of sp³-hybridized carbons (Fsp3) is 0.214. The molecule has 1 aromatic heterocycles. The fourth-order valence-corrected chi connectivity index (χ4v) is 3.33. The van der Waals surface area contributed by atoms with E-state index < -0.39 is 0 Å². The third-order valence-electron chi connectivity index (χ3n) is 3.07. The summed E-state index contributed by atoms with van der Waals surface area (Å²) in [5.41, 5.74) is 0.519. The SMILES string of the molecule is CC(c1ccccc1F)N(C)C(=O)c1sccc1Br. The molecule has 0 aliphatic rings. The van der Waals surface area contributed by atoms with Crippen LogP contribution < -0.4 is 0 Å². The van der Waals surface area contributed by atoms with Gasteiger partial charge >= 0.3 is 0 Å². The molecule has 0 saturated carbocycles. The van der Waals surface area contributed by atoms with E-state index in [-0.39, 0.29) is 17.8 Å².